The lowest BCUT2D eigenvalue weighted by Crippen LogP contribution is -2.20. The molecule has 62 valence electrons. The van der Waals surface area contributed by atoms with Gasteiger partial charge in [0.25, 0.3) is 5.91 Å². The van der Waals surface area contributed by atoms with Crippen molar-refractivity contribution < 1.29 is 9.59 Å². The van der Waals surface area contributed by atoms with Crippen molar-refractivity contribution in [2.75, 3.05) is 0 Å². The van der Waals surface area contributed by atoms with Crippen LogP contribution in [0.3, 0.4) is 0 Å². The van der Waals surface area contributed by atoms with Gasteiger partial charge in [0.05, 0.1) is 0 Å². The lowest BCUT2D eigenvalue weighted by molar-refractivity contribution is -0.121. The van der Waals surface area contributed by atoms with E-state index in [0.717, 1.165) is 12.7 Å². The van der Waals surface area contributed by atoms with Crippen molar-refractivity contribution in [2.24, 2.45) is 5.41 Å². The second-order valence-corrected chi connectivity index (χ2v) is 3.11. The van der Waals surface area contributed by atoms with E-state index in [9.17, 15) is 9.59 Å². The summed E-state index contributed by atoms with van der Waals surface area (Å²) in [7, 11) is 0. The molecule has 3 nitrogen and oxygen atoms in total. The zero-order valence-electron chi connectivity index (χ0n) is 6.96. The number of amides is 1. The Kier molecular flexibility index (Phi) is 3.79. The van der Waals surface area contributed by atoms with Crippen LogP contribution in [-0.4, -0.2) is 12.2 Å². The summed E-state index contributed by atoms with van der Waals surface area (Å²) in [6, 6.07) is 0. The van der Waals surface area contributed by atoms with Crippen molar-refractivity contribution in [1.82, 2.24) is 5.73 Å². The zero-order chi connectivity index (χ0) is 8.91. The predicted octanol–water partition coefficient (Wildman–Crippen LogP) is 0.977. The average molecular weight is 155 g/mol. The molecule has 0 heterocycles. The summed E-state index contributed by atoms with van der Waals surface area (Å²) >= 11 is 0. The van der Waals surface area contributed by atoms with Gasteiger partial charge in [0.1, 0.15) is 6.29 Å². The van der Waals surface area contributed by atoms with Crippen LogP contribution in [0.4, 0.5) is 0 Å². The van der Waals surface area contributed by atoms with Gasteiger partial charge in [-0.15, -0.1) is 5.73 Å². The first-order valence-electron chi connectivity index (χ1n) is 3.69. The van der Waals surface area contributed by atoms with E-state index in [2.05, 4.69) is 0 Å². The predicted molar refractivity (Wildman–Crippen MR) is 40.8 cm³/mol. The third kappa shape index (κ3) is 3.75. The monoisotopic (exact) mass is 155 g/mol. The lowest BCUT2D eigenvalue weighted by atomic mass is 9.81. The molecule has 0 aromatic heterocycles. The van der Waals surface area contributed by atoms with E-state index in [1.165, 1.54) is 0 Å². The zero-order valence-corrected chi connectivity index (χ0v) is 6.96. The highest BCUT2D eigenvalue weighted by Gasteiger charge is 2.24. The Morgan fingerprint density at radius 3 is 2.45 bits per heavy atom. The standard InChI is InChI=1S/C8H13NO2/c1-3-8(2,4-5-10)6-7(9)11/h5H,3-4,6H2,1-2H3. The van der Waals surface area contributed by atoms with Gasteiger partial charge in [0.15, 0.2) is 0 Å². The molecule has 1 atom stereocenters. The molecule has 1 amide bonds. The Balaban J connectivity index is 4.08. The van der Waals surface area contributed by atoms with Crippen LogP contribution in [0.5, 0.6) is 0 Å². The van der Waals surface area contributed by atoms with E-state index < -0.39 is 5.91 Å². The fraction of sp³-hybridized carbons (Fsp3) is 0.750. The second-order valence-electron chi connectivity index (χ2n) is 3.11. The Hall–Kier alpha value is -0.860. The van der Waals surface area contributed by atoms with Crippen LogP contribution in [0, 0.1) is 5.41 Å². The third-order valence-electron chi connectivity index (χ3n) is 2.01. The molecule has 2 radical (unpaired) electrons. The van der Waals surface area contributed by atoms with Crippen LogP contribution in [0.25, 0.3) is 0 Å². The topological polar surface area (TPSA) is 56.4 Å². The largest absolute Gasteiger partial charge is 0.303 e. The van der Waals surface area contributed by atoms with Gasteiger partial charge >= 0.3 is 0 Å². The lowest BCUT2D eigenvalue weighted by Gasteiger charge is -2.22. The summed E-state index contributed by atoms with van der Waals surface area (Å²) in [5.41, 5.74) is 8.14. The Bertz CT molecular complexity index is 156. The van der Waals surface area contributed by atoms with Crippen LogP contribution in [0.15, 0.2) is 0 Å². The van der Waals surface area contributed by atoms with Crippen LogP contribution >= 0.6 is 0 Å². The quantitative estimate of drug-likeness (QED) is 0.555. The SMILES string of the molecule is CCC(C)(CC=O)CC([N])=O. The molecule has 0 rings (SSSR count). The molecular formula is C8H13NO2. The molecule has 1 unspecified atom stereocenters. The van der Waals surface area contributed by atoms with Gasteiger partial charge in [-0.05, 0) is 11.8 Å². The van der Waals surface area contributed by atoms with E-state index in [0.29, 0.717) is 6.42 Å². The molecule has 0 aromatic carbocycles. The molecule has 0 bridgehead atoms. The number of aldehydes is 1. The van der Waals surface area contributed by atoms with E-state index in [1.54, 1.807) is 0 Å². The van der Waals surface area contributed by atoms with E-state index in [-0.39, 0.29) is 11.8 Å². The van der Waals surface area contributed by atoms with E-state index in [1.807, 2.05) is 13.8 Å². The molecule has 11 heavy (non-hydrogen) atoms. The normalized spacial score (nSPS) is 15.5. The van der Waals surface area contributed by atoms with Crippen LogP contribution in [0.2, 0.25) is 0 Å². The minimum Gasteiger partial charge on any atom is -0.303 e. The molecule has 0 saturated carbocycles. The fourth-order valence-corrected chi connectivity index (χ4v) is 0.908. The molecule has 0 aromatic rings. The number of hydrogen-bond acceptors (Lipinski definition) is 2. The van der Waals surface area contributed by atoms with Crippen LogP contribution < -0.4 is 5.73 Å². The summed E-state index contributed by atoms with van der Waals surface area (Å²) in [4.78, 5) is 20.5. The van der Waals surface area contributed by atoms with Crippen molar-refractivity contribution in [3.8, 4) is 0 Å². The Labute approximate surface area is 67.0 Å². The van der Waals surface area contributed by atoms with Gasteiger partial charge in [-0.25, -0.2) is 0 Å². The van der Waals surface area contributed by atoms with E-state index in [4.69, 9.17) is 5.73 Å². The molecular weight excluding hydrogens is 142 g/mol. The van der Waals surface area contributed by atoms with Crippen molar-refractivity contribution in [3.05, 3.63) is 0 Å². The fourth-order valence-electron chi connectivity index (χ4n) is 0.908. The number of nitrogens with zero attached hydrogens (tertiary/aromatic N) is 1. The van der Waals surface area contributed by atoms with Gasteiger partial charge in [-0.1, -0.05) is 13.8 Å². The van der Waals surface area contributed by atoms with Gasteiger partial charge in [-0.2, -0.15) is 0 Å². The molecule has 0 N–H and O–H groups in total. The van der Waals surface area contributed by atoms with E-state index >= 15 is 0 Å². The highest BCUT2D eigenvalue weighted by molar-refractivity contribution is 5.74. The van der Waals surface area contributed by atoms with Crippen molar-refractivity contribution in [2.45, 2.75) is 33.1 Å². The van der Waals surface area contributed by atoms with Gasteiger partial charge < -0.3 is 4.79 Å². The molecule has 0 aliphatic rings. The summed E-state index contributed by atoms with van der Waals surface area (Å²) in [5, 5.41) is 0. The minimum absolute atomic E-state index is 0.0717. The number of hydrogen-bond donors (Lipinski definition) is 0. The number of carbonyl (C=O) groups is 2. The molecule has 3 heteroatoms. The van der Waals surface area contributed by atoms with Crippen molar-refractivity contribution in [1.29, 1.82) is 0 Å². The second kappa shape index (κ2) is 4.11. The van der Waals surface area contributed by atoms with Crippen molar-refractivity contribution in [3.63, 3.8) is 0 Å². The smallest absolute Gasteiger partial charge is 0.265 e. The third-order valence-corrected chi connectivity index (χ3v) is 2.01. The van der Waals surface area contributed by atoms with Crippen LogP contribution in [0.1, 0.15) is 33.1 Å². The first kappa shape index (κ1) is 10.1. The summed E-state index contributed by atoms with van der Waals surface area (Å²) in [6.07, 6.45) is 1.91. The molecule has 0 saturated heterocycles. The van der Waals surface area contributed by atoms with Gasteiger partial charge in [-0.3, -0.25) is 4.79 Å². The molecule has 0 fully saturated rings. The minimum atomic E-state index is -0.837. The molecule has 0 spiro atoms. The average Bonchev–Trinajstić information content (AvgIpc) is 1.87. The van der Waals surface area contributed by atoms with Gasteiger partial charge in [0, 0.05) is 12.8 Å². The summed E-state index contributed by atoms with van der Waals surface area (Å²) in [6.45, 7) is 3.71. The Morgan fingerprint density at radius 1 is 1.64 bits per heavy atom. The first-order chi connectivity index (χ1) is 5.04. The Morgan fingerprint density at radius 2 is 2.18 bits per heavy atom. The number of rotatable bonds is 5. The summed E-state index contributed by atoms with van der Waals surface area (Å²) < 4.78 is 0. The van der Waals surface area contributed by atoms with Crippen LogP contribution in [-0.2, 0) is 9.59 Å². The molecule has 0 aliphatic heterocycles. The first-order valence-corrected chi connectivity index (χ1v) is 3.69. The van der Waals surface area contributed by atoms with Crippen molar-refractivity contribution >= 4 is 12.2 Å². The maximum Gasteiger partial charge on any atom is 0.265 e. The maximum absolute atomic E-state index is 10.3. The van der Waals surface area contributed by atoms with Gasteiger partial charge in [0.2, 0.25) is 0 Å². The number of carbonyl (C=O) groups excluding carboxylic acids is 2. The maximum atomic E-state index is 10.3. The molecule has 0 aliphatic carbocycles. The highest BCUT2D eigenvalue weighted by atomic mass is 16.1. The highest BCUT2D eigenvalue weighted by Crippen LogP contribution is 2.28. The summed E-state index contributed by atoms with van der Waals surface area (Å²) in [5.74, 6) is -0.837.